The van der Waals surface area contributed by atoms with Crippen LogP contribution in [0.3, 0.4) is 0 Å². The zero-order valence-corrected chi connectivity index (χ0v) is 17.1. The molecule has 0 aliphatic carbocycles. The number of oxazole rings is 1. The average molecular weight is 425 g/mol. The van der Waals surface area contributed by atoms with Crippen LogP contribution in [0.4, 0.5) is 13.2 Å². The maximum Gasteiger partial charge on any atom is 0.511 e. The van der Waals surface area contributed by atoms with E-state index < -0.39 is 15.5 Å². The molecule has 1 aromatic heterocycles. The summed E-state index contributed by atoms with van der Waals surface area (Å²) in [5, 5.41) is 6.12. The van der Waals surface area contributed by atoms with E-state index in [-0.39, 0.29) is 43.9 Å². The van der Waals surface area contributed by atoms with E-state index in [4.69, 9.17) is 4.42 Å². The molecular weight excluding hydrogens is 399 g/mol. The van der Waals surface area contributed by atoms with E-state index in [1.807, 2.05) is 20.8 Å². The molecular formula is C16H26F3N5O3S. The summed E-state index contributed by atoms with van der Waals surface area (Å²) in [6.07, 6.45) is 2.15. The first-order valence-corrected chi connectivity index (χ1v) is 10.3. The molecule has 28 heavy (non-hydrogen) atoms. The van der Waals surface area contributed by atoms with Gasteiger partial charge in [-0.25, -0.2) is 13.4 Å². The number of hydrogen-bond donors (Lipinski definition) is 2. The third kappa shape index (κ3) is 5.37. The molecule has 2 heterocycles. The molecule has 0 aromatic carbocycles. The largest absolute Gasteiger partial charge is 0.511 e. The zero-order chi connectivity index (χ0) is 21.2. The number of aliphatic imine (C=N–C) groups is 1. The van der Waals surface area contributed by atoms with Gasteiger partial charge in [0.25, 0.3) is 0 Å². The monoisotopic (exact) mass is 425 g/mol. The minimum Gasteiger partial charge on any atom is -0.443 e. The van der Waals surface area contributed by atoms with Crippen LogP contribution in [-0.4, -0.2) is 55.4 Å². The highest BCUT2D eigenvalue weighted by Gasteiger charge is 2.50. The fourth-order valence-electron chi connectivity index (χ4n) is 2.67. The second kappa shape index (κ2) is 8.27. The quantitative estimate of drug-likeness (QED) is 0.565. The third-order valence-corrected chi connectivity index (χ3v) is 5.98. The number of halogens is 3. The zero-order valence-electron chi connectivity index (χ0n) is 16.3. The highest BCUT2D eigenvalue weighted by atomic mass is 32.2. The molecule has 0 spiro atoms. The number of rotatable bonds is 4. The van der Waals surface area contributed by atoms with E-state index >= 15 is 0 Å². The van der Waals surface area contributed by atoms with E-state index in [1.54, 1.807) is 13.2 Å². The van der Waals surface area contributed by atoms with E-state index in [0.717, 1.165) is 5.76 Å². The van der Waals surface area contributed by atoms with Crippen LogP contribution in [0.2, 0.25) is 0 Å². The lowest BCUT2D eigenvalue weighted by atomic mass is 9.94. The first-order chi connectivity index (χ1) is 12.8. The first-order valence-electron chi connectivity index (χ1n) is 8.83. The van der Waals surface area contributed by atoms with Crippen molar-refractivity contribution in [3.05, 3.63) is 17.8 Å². The molecule has 1 aliphatic heterocycles. The number of hydrogen-bond acceptors (Lipinski definition) is 5. The summed E-state index contributed by atoms with van der Waals surface area (Å²) in [5.41, 5.74) is -5.43. The van der Waals surface area contributed by atoms with Gasteiger partial charge in [0.15, 0.2) is 5.96 Å². The van der Waals surface area contributed by atoms with Crippen LogP contribution in [0, 0.1) is 0 Å². The van der Waals surface area contributed by atoms with Crippen molar-refractivity contribution in [1.29, 1.82) is 0 Å². The van der Waals surface area contributed by atoms with Gasteiger partial charge in [-0.3, -0.25) is 4.99 Å². The Bertz CT molecular complexity index is 791. The van der Waals surface area contributed by atoms with Gasteiger partial charge in [0.1, 0.15) is 5.76 Å². The molecule has 1 fully saturated rings. The second-order valence-electron chi connectivity index (χ2n) is 7.56. The SMILES string of the molecule is CN=C(NCc1ncc(C(C)(C)C)o1)NC1CCN(S(=O)(=O)C(F)(F)F)CC1. The summed E-state index contributed by atoms with van der Waals surface area (Å²) in [7, 11) is -3.71. The first kappa shape index (κ1) is 22.5. The van der Waals surface area contributed by atoms with Gasteiger partial charge in [-0.15, -0.1) is 0 Å². The van der Waals surface area contributed by atoms with Crippen molar-refractivity contribution >= 4 is 16.0 Å². The highest BCUT2D eigenvalue weighted by molar-refractivity contribution is 7.90. The maximum atomic E-state index is 12.6. The van der Waals surface area contributed by atoms with Crippen molar-refractivity contribution < 1.29 is 26.0 Å². The van der Waals surface area contributed by atoms with E-state index in [9.17, 15) is 21.6 Å². The highest BCUT2D eigenvalue weighted by Crippen LogP contribution is 2.29. The molecule has 0 atom stereocenters. The summed E-state index contributed by atoms with van der Waals surface area (Å²) >= 11 is 0. The van der Waals surface area contributed by atoms with Gasteiger partial charge in [0.2, 0.25) is 5.89 Å². The molecule has 1 aromatic rings. The summed E-state index contributed by atoms with van der Waals surface area (Å²) in [6.45, 7) is 5.91. The molecule has 1 saturated heterocycles. The molecule has 0 amide bonds. The molecule has 2 rings (SSSR count). The fraction of sp³-hybridized carbons (Fsp3) is 0.750. The molecule has 0 bridgehead atoms. The Morgan fingerprint density at radius 2 is 1.93 bits per heavy atom. The average Bonchev–Trinajstić information content (AvgIpc) is 3.07. The van der Waals surface area contributed by atoms with Gasteiger partial charge in [0.05, 0.1) is 12.7 Å². The molecule has 0 radical (unpaired) electrons. The van der Waals surface area contributed by atoms with Gasteiger partial charge < -0.3 is 15.1 Å². The minimum atomic E-state index is -5.27. The van der Waals surface area contributed by atoms with Crippen molar-refractivity contribution in [3.63, 3.8) is 0 Å². The Balaban J connectivity index is 1.86. The van der Waals surface area contributed by atoms with Crippen LogP contribution in [0.25, 0.3) is 0 Å². The third-order valence-electron chi connectivity index (χ3n) is 4.35. The van der Waals surface area contributed by atoms with Crippen LogP contribution in [0.1, 0.15) is 45.3 Å². The van der Waals surface area contributed by atoms with Crippen LogP contribution < -0.4 is 10.6 Å². The van der Waals surface area contributed by atoms with Crippen LogP contribution in [-0.2, 0) is 22.0 Å². The summed E-state index contributed by atoms with van der Waals surface area (Å²) < 4.78 is 66.9. The normalized spacial score (nSPS) is 18.3. The van der Waals surface area contributed by atoms with Crippen molar-refractivity contribution in [3.8, 4) is 0 Å². The number of alkyl halides is 3. The van der Waals surface area contributed by atoms with E-state index in [0.29, 0.717) is 16.2 Å². The van der Waals surface area contributed by atoms with Crippen molar-refractivity contribution in [2.45, 2.75) is 57.1 Å². The van der Waals surface area contributed by atoms with Crippen molar-refractivity contribution in [2.24, 2.45) is 4.99 Å². The number of nitrogens with one attached hydrogen (secondary N) is 2. The number of aromatic nitrogens is 1. The topological polar surface area (TPSA) is 99.8 Å². The number of guanidine groups is 1. The van der Waals surface area contributed by atoms with Crippen LogP contribution in [0.15, 0.2) is 15.6 Å². The van der Waals surface area contributed by atoms with Crippen LogP contribution >= 0.6 is 0 Å². The number of nitrogens with zero attached hydrogens (tertiary/aromatic N) is 3. The Hall–Kier alpha value is -1.82. The van der Waals surface area contributed by atoms with Crippen LogP contribution in [0.5, 0.6) is 0 Å². The molecule has 0 unspecified atom stereocenters. The molecule has 0 saturated carbocycles. The second-order valence-corrected chi connectivity index (χ2v) is 9.49. The van der Waals surface area contributed by atoms with Gasteiger partial charge in [-0.2, -0.15) is 17.5 Å². The van der Waals surface area contributed by atoms with Crippen molar-refractivity contribution in [1.82, 2.24) is 19.9 Å². The predicted octanol–water partition coefficient (Wildman–Crippen LogP) is 1.95. The Labute approximate surface area is 162 Å². The molecule has 8 nitrogen and oxygen atoms in total. The Kier molecular flexibility index (Phi) is 6.64. The minimum absolute atomic E-state index is 0.157. The molecule has 1 aliphatic rings. The van der Waals surface area contributed by atoms with Crippen molar-refractivity contribution in [2.75, 3.05) is 20.1 Å². The maximum absolute atomic E-state index is 12.6. The van der Waals surface area contributed by atoms with Gasteiger partial charge in [0, 0.05) is 31.6 Å². The summed E-state index contributed by atoms with van der Waals surface area (Å²) in [6, 6.07) is -0.194. The molecule has 12 heteroatoms. The predicted molar refractivity (Wildman–Crippen MR) is 98.1 cm³/mol. The molecule has 160 valence electrons. The Morgan fingerprint density at radius 1 is 1.32 bits per heavy atom. The fourth-order valence-corrected chi connectivity index (χ4v) is 3.66. The lowest BCUT2D eigenvalue weighted by Crippen LogP contribution is -2.51. The standard InChI is InChI=1S/C16H26F3N5O3S/c1-15(2,3)12-9-21-13(27-12)10-22-14(20-4)23-11-5-7-24(8-6-11)28(25,26)16(17,18)19/h9,11H,5-8,10H2,1-4H3,(H2,20,22,23). The van der Waals surface area contributed by atoms with Gasteiger partial charge >= 0.3 is 15.5 Å². The lowest BCUT2D eigenvalue weighted by Gasteiger charge is -2.32. The van der Waals surface area contributed by atoms with Gasteiger partial charge in [-0.1, -0.05) is 20.8 Å². The smallest absolute Gasteiger partial charge is 0.443 e. The lowest BCUT2D eigenvalue weighted by molar-refractivity contribution is -0.0494. The number of piperidine rings is 1. The molecule has 2 N–H and O–H groups in total. The Morgan fingerprint density at radius 3 is 2.39 bits per heavy atom. The summed E-state index contributed by atoms with van der Waals surface area (Å²) in [4.78, 5) is 8.28. The van der Waals surface area contributed by atoms with E-state index in [2.05, 4.69) is 20.6 Å². The van der Waals surface area contributed by atoms with Gasteiger partial charge in [-0.05, 0) is 12.8 Å². The number of sulfonamides is 1. The van der Waals surface area contributed by atoms with E-state index in [1.165, 1.54) is 0 Å². The summed E-state index contributed by atoms with van der Waals surface area (Å²) in [5.74, 6) is 1.68.